The summed E-state index contributed by atoms with van der Waals surface area (Å²) in [5.41, 5.74) is 0.993. The Bertz CT molecular complexity index is 287. The number of hydrogen-bond acceptors (Lipinski definition) is 2. The van der Waals surface area contributed by atoms with Gasteiger partial charge in [0.15, 0.2) is 0 Å². The summed E-state index contributed by atoms with van der Waals surface area (Å²) in [5.74, 6) is 0.494. The summed E-state index contributed by atoms with van der Waals surface area (Å²) in [7, 11) is 0. The van der Waals surface area contributed by atoms with E-state index in [4.69, 9.17) is 0 Å². The van der Waals surface area contributed by atoms with E-state index < -0.39 is 0 Å². The number of H-pyrrole nitrogens is 2. The van der Waals surface area contributed by atoms with E-state index in [1.165, 1.54) is 0 Å². The lowest BCUT2D eigenvalue weighted by Crippen LogP contribution is -2.08. The van der Waals surface area contributed by atoms with Crippen LogP contribution in [-0.2, 0) is 0 Å². The van der Waals surface area contributed by atoms with Crippen LogP contribution in [0.5, 0.6) is 0 Å². The fraction of sp³-hybridized carbons (Fsp3) is 0.571. The van der Waals surface area contributed by atoms with E-state index in [2.05, 4.69) is 15.5 Å². The lowest BCUT2D eigenvalue weighted by atomic mass is 10.1. The Hall–Kier alpha value is -0.740. The number of aromatic nitrogens is 2. The Balaban J connectivity index is 0.000000720. The minimum absolute atomic E-state index is 0. The van der Waals surface area contributed by atoms with Gasteiger partial charge >= 0.3 is 0 Å². The molecule has 0 spiro atoms. The SMILES string of the molecule is Cl.O=c1cc(C2CCNC2)[nH][nH]1. The fourth-order valence-electron chi connectivity index (χ4n) is 1.49. The van der Waals surface area contributed by atoms with Crippen LogP contribution in [0.2, 0.25) is 0 Å². The van der Waals surface area contributed by atoms with Crippen LogP contribution in [0.15, 0.2) is 10.9 Å². The van der Waals surface area contributed by atoms with Crippen molar-refractivity contribution >= 4 is 12.4 Å². The number of halogens is 1. The van der Waals surface area contributed by atoms with E-state index in [0.717, 1.165) is 25.2 Å². The second-order valence-corrected chi connectivity index (χ2v) is 2.90. The molecule has 2 rings (SSSR count). The van der Waals surface area contributed by atoms with Crippen LogP contribution in [0.25, 0.3) is 0 Å². The van der Waals surface area contributed by atoms with Crippen LogP contribution >= 0.6 is 12.4 Å². The van der Waals surface area contributed by atoms with Crippen molar-refractivity contribution in [2.75, 3.05) is 13.1 Å². The number of aromatic amines is 2. The summed E-state index contributed by atoms with van der Waals surface area (Å²) >= 11 is 0. The quantitative estimate of drug-likeness (QED) is 0.591. The third-order valence-corrected chi connectivity index (χ3v) is 2.12. The maximum absolute atomic E-state index is 10.7. The third-order valence-electron chi connectivity index (χ3n) is 2.12. The van der Waals surface area contributed by atoms with Crippen molar-refractivity contribution < 1.29 is 0 Å². The molecule has 1 unspecified atom stereocenters. The number of nitrogens with one attached hydrogen (secondary N) is 3. The minimum Gasteiger partial charge on any atom is -0.316 e. The lowest BCUT2D eigenvalue weighted by Gasteiger charge is -2.02. The van der Waals surface area contributed by atoms with Crippen molar-refractivity contribution in [3.05, 3.63) is 22.1 Å². The standard InChI is InChI=1S/C7H11N3O.ClH/c11-7-3-6(9-10-7)5-1-2-8-4-5;/h3,5,8H,1-2,4H2,(H2,9,10,11);1H. The van der Waals surface area contributed by atoms with E-state index in [1.54, 1.807) is 6.07 Å². The molecule has 1 aliphatic rings. The summed E-state index contributed by atoms with van der Waals surface area (Å²) in [4.78, 5) is 10.7. The van der Waals surface area contributed by atoms with Gasteiger partial charge in [-0.2, -0.15) is 0 Å². The number of hydrogen-bond donors (Lipinski definition) is 3. The predicted octanol–water partition coefficient (Wildman–Crippen LogP) is 0.202. The topological polar surface area (TPSA) is 60.7 Å². The maximum Gasteiger partial charge on any atom is 0.264 e. The van der Waals surface area contributed by atoms with Gasteiger partial charge < -0.3 is 10.4 Å². The van der Waals surface area contributed by atoms with Crippen LogP contribution in [0.3, 0.4) is 0 Å². The zero-order valence-corrected chi connectivity index (χ0v) is 7.41. The van der Waals surface area contributed by atoms with Crippen LogP contribution in [-0.4, -0.2) is 23.3 Å². The Morgan fingerprint density at radius 1 is 1.42 bits per heavy atom. The van der Waals surface area contributed by atoms with Gasteiger partial charge in [0.05, 0.1) is 0 Å². The second kappa shape index (κ2) is 3.78. The van der Waals surface area contributed by atoms with Gasteiger partial charge in [0.2, 0.25) is 0 Å². The van der Waals surface area contributed by atoms with Crippen LogP contribution in [0.1, 0.15) is 18.0 Å². The first-order valence-electron chi connectivity index (χ1n) is 3.84. The molecule has 1 saturated heterocycles. The molecule has 1 atom stereocenters. The zero-order valence-electron chi connectivity index (χ0n) is 6.59. The monoisotopic (exact) mass is 189 g/mol. The molecule has 1 aromatic heterocycles. The van der Waals surface area contributed by atoms with Crippen LogP contribution in [0.4, 0.5) is 0 Å². The minimum atomic E-state index is -0.0353. The van der Waals surface area contributed by atoms with E-state index in [0.29, 0.717) is 5.92 Å². The van der Waals surface area contributed by atoms with Crippen molar-refractivity contribution in [3.8, 4) is 0 Å². The molecule has 1 fully saturated rings. The van der Waals surface area contributed by atoms with Gasteiger partial charge in [0.1, 0.15) is 0 Å². The molecular weight excluding hydrogens is 178 g/mol. The smallest absolute Gasteiger partial charge is 0.264 e. The lowest BCUT2D eigenvalue weighted by molar-refractivity contribution is 0.729. The first kappa shape index (κ1) is 9.35. The highest BCUT2D eigenvalue weighted by molar-refractivity contribution is 5.85. The van der Waals surface area contributed by atoms with E-state index >= 15 is 0 Å². The first-order valence-corrected chi connectivity index (χ1v) is 3.84. The highest BCUT2D eigenvalue weighted by Crippen LogP contribution is 2.17. The van der Waals surface area contributed by atoms with Gasteiger partial charge in [0.25, 0.3) is 5.56 Å². The highest BCUT2D eigenvalue weighted by Gasteiger charge is 2.17. The average molecular weight is 190 g/mol. The molecule has 0 aromatic carbocycles. The van der Waals surface area contributed by atoms with Crippen molar-refractivity contribution in [2.24, 2.45) is 0 Å². The van der Waals surface area contributed by atoms with Crippen molar-refractivity contribution in [3.63, 3.8) is 0 Å². The van der Waals surface area contributed by atoms with Gasteiger partial charge in [-0.3, -0.25) is 9.89 Å². The van der Waals surface area contributed by atoms with Crippen molar-refractivity contribution in [2.45, 2.75) is 12.3 Å². The highest BCUT2D eigenvalue weighted by atomic mass is 35.5. The van der Waals surface area contributed by atoms with E-state index in [1.807, 2.05) is 0 Å². The molecular formula is C7H12ClN3O. The Morgan fingerprint density at radius 3 is 2.75 bits per heavy atom. The van der Waals surface area contributed by atoms with Crippen LogP contribution in [0, 0.1) is 0 Å². The molecule has 1 aromatic rings. The maximum atomic E-state index is 10.7. The first-order chi connectivity index (χ1) is 5.36. The van der Waals surface area contributed by atoms with Gasteiger partial charge in [0, 0.05) is 24.2 Å². The Morgan fingerprint density at radius 2 is 2.25 bits per heavy atom. The van der Waals surface area contributed by atoms with Gasteiger partial charge in [-0.25, -0.2) is 0 Å². The Labute approximate surface area is 76.1 Å². The molecule has 0 aliphatic carbocycles. The molecule has 0 saturated carbocycles. The van der Waals surface area contributed by atoms with Crippen LogP contribution < -0.4 is 10.9 Å². The molecule has 3 N–H and O–H groups in total. The van der Waals surface area contributed by atoms with Gasteiger partial charge in [-0.1, -0.05) is 0 Å². The van der Waals surface area contributed by atoms with Crippen molar-refractivity contribution in [1.29, 1.82) is 0 Å². The molecule has 12 heavy (non-hydrogen) atoms. The average Bonchev–Trinajstić information content (AvgIpc) is 2.55. The van der Waals surface area contributed by atoms with Gasteiger partial charge in [-0.15, -0.1) is 12.4 Å². The largest absolute Gasteiger partial charge is 0.316 e. The summed E-state index contributed by atoms with van der Waals surface area (Å²) < 4.78 is 0. The summed E-state index contributed by atoms with van der Waals surface area (Å²) in [6.07, 6.45) is 1.12. The molecule has 2 heterocycles. The normalized spacial score (nSPS) is 22.2. The molecule has 1 aliphatic heterocycles. The molecule has 0 amide bonds. The molecule has 68 valence electrons. The second-order valence-electron chi connectivity index (χ2n) is 2.90. The molecule has 4 nitrogen and oxygen atoms in total. The summed E-state index contributed by atoms with van der Waals surface area (Å²) in [5, 5.41) is 8.65. The van der Waals surface area contributed by atoms with Gasteiger partial charge in [-0.05, 0) is 13.0 Å². The number of rotatable bonds is 1. The molecule has 0 bridgehead atoms. The molecule has 5 heteroatoms. The zero-order chi connectivity index (χ0) is 7.68. The molecule has 0 radical (unpaired) electrons. The van der Waals surface area contributed by atoms with E-state index in [9.17, 15) is 4.79 Å². The fourth-order valence-corrected chi connectivity index (χ4v) is 1.49. The van der Waals surface area contributed by atoms with E-state index in [-0.39, 0.29) is 18.0 Å². The summed E-state index contributed by atoms with van der Waals surface area (Å²) in [6.45, 7) is 2.03. The summed E-state index contributed by atoms with van der Waals surface area (Å²) in [6, 6.07) is 1.64. The Kier molecular flexibility index (Phi) is 2.94. The third kappa shape index (κ3) is 1.70. The van der Waals surface area contributed by atoms with Crippen molar-refractivity contribution in [1.82, 2.24) is 15.5 Å². The predicted molar refractivity (Wildman–Crippen MR) is 48.9 cm³/mol.